The van der Waals surface area contributed by atoms with E-state index in [2.05, 4.69) is 25.4 Å². The van der Waals surface area contributed by atoms with Crippen LogP contribution in [0, 0.1) is 6.92 Å². The molecule has 0 aliphatic rings. The van der Waals surface area contributed by atoms with Crippen LogP contribution in [0.4, 0.5) is 17.8 Å². The van der Waals surface area contributed by atoms with Gasteiger partial charge in [-0.25, -0.2) is 5.84 Å². The van der Waals surface area contributed by atoms with E-state index in [9.17, 15) is 0 Å². The molecule has 21 heavy (non-hydrogen) atoms. The van der Waals surface area contributed by atoms with E-state index in [-0.39, 0.29) is 0 Å². The molecule has 0 amide bonds. The number of nitrogens with two attached hydrogens (primary N) is 1. The van der Waals surface area contributed by atoms with Crippen molar-refractivity contribution in [3.8, 4) is 0 Å². The van der Waals surface area contributed by atoms with Gasteiger partial charge in [-0.2, -0.15) is 15.0 Å². The highest BCUT2D eigenvalue weighted by molar-refractivity contribution is 5.43. The number of nitrogen functional groups attached to an aromatic ring is 1. The number of hydrogen-bond donors (Lipinski definition) is 2. The maximum absolute atomic E-state index is 5.41. The van der Waals surface area contributed by atoms with Crippen LogP contribution in [-0.2, 0) is 6.54 Å². The predicted octanol–water partition coefficient (Wildman–Crippen LogP) is 0.563. The Morgan fingerprint density at radius 1 is 1.05 bits per heavy atom. The summed E-state index contributed by atoms with van der Waals surface area (Å²) in [5, 5.41) is 0. The molecule has 0 bridgehead atoms. The van der Waals surface area contributed by atoms with Crippen molar-refractivity contribution in [1.82, 2.24) is 19.9 Å². The average molecular weight is 288 g/mol. The Kier molecular flexibility index (Phi) is 4.49. The highest BCUT2D eigenvalue weighted by Gasteiger charge is 2.12. The Labute approximate surface area is 124 Å². The smallest absolute Gasteiger partial charge is 0.243 e. The molecule has 112 valence electrons. The molecule has 0 aromatic carbocycles. The number of nitrogens with zero attached hydrogens (tertiary/aromatic N) is 6. The van der Waals surface area contributed by atoms with Crippen molar-refractivity contribution >= 4 is 17.8 Å². The van der Waals surface area contributed by atoms with Crippen LogP contribution in [0.2, 0.25) is 0 Å². The van der Waals surface area contributed by atoms with Crippen LogP contribution in [0.3, 0.4) is 0 Å². The van der Waals surface area contributed by atoms with Crippen LogP contribution < -0.4 is 21.1 Å². The monoisotopic (exact) mass is 288 g/mol. The molecule has 0 aliphatic heterocycles. The Hall–Kier alpha value is -2.48. The molecule has 3 N–H and O–H groups in total. The van der Waals surface area contributed by atoms with Crippen molar-refractivity contribution < 1.29 is 0 Å². The number of pyridine rings is 1. The minimum atomic E-state index is 0.327. The average Bonchev–Trinajstić information content (AvgIpc) is 2.46. The number of nitrogens with one attached hydrogen (secondary N) is 1. The molecule has 0 aliphatic carbocycles. The first kappa shape index (κ1) is 14.9. The third kappa shape index (κ3) is 3.76. The summed E-state index contributed by atoms with van der Waals surface area (Å²) in [5.41, 5.74) is 4.39. The summed E-state index contributed by atoms with van der Waals surface area (Å²) < 4.78 is 0. The second-order valence-corrected chi connectivity index (χ2v) is 4.92. The molecule has 2 aromatic heterocycles. The second-order valence-electron chi connectivity index (χ2n) is 4.92. The van der Waals surface area contributed by atoms with Gasteiger partial charge >= 0.3 is 0 Å². The number of aromatic nitrogens is 4. The molecule has 0 spiro atoms. The van der Waals surface area contributed by atoms with E-state index in [0.717, 1.165) is 11.4 Å². The van der Waals surface area contributed by atoms with Gasteiger partial charge in [-0.3, -0.25) is 10.4 Å². The minimum absolute atomic E-state index is 0.327. The van der Waals surface area contributed by atoms with Crippen molar-refractivity contribution in [2.75, 3.05) is 36.4 Å². The first-order chi connectivity index (χ1) is 9.99. The zero-order chi connectivity index (χ0) is 15.4. The van der Waals surface area contributed by atoms with Crippen LogP contribution in [-0.4, -0.2) is 41.1 Å². The molecule has 0 unspecified atom stereocenters. The molecule has 0 radical (unpaired) electrons. The van der Waals surface area contributed by atoms with Crippen LogP contribution in [0.1, 0.15) is 11.4 Å². The van der Waals surface area contributed by atoms with Crippen molar-refractivity contribution in [1.29, 1.82) is 0 Å². The van der Waals surface area contributed by atoms with Crippen LogP contribution in [0.15, 0.2) is 18.2 Å². The van der Waals surface area contributed by atoms with Gasteiger partial charge in [0.1, 0.15) is 0 Å². The van der Waals surface area contributed by atoms with Gasteiger partial charge in [-0.15, -0.1) is 0 Å². The van der Waals surface area contributed by atoms with E-state index < -0.39 is 0 Å². The standard InChI is InChI=1S/C13H20N8/c1-9-6-5-7-10(15-9)8-21(4)13-17-11(19-14)16-12(18-13)20(2)3/h5-7H,8,14H2,1-4H3,(H,16,17,18,19). The predicted molar refractivity (Wildman–Crippen MR) is 83.0 cm³/mol. The van der Waals surface area contributed by atoms with E-state index >= 15 is 0 Å². The lowest BCUT2D eigenvalue weighted by Crippen LogP contribution is -2.24. The summed E-state index contributed by atoms with van der Waals surface area (Å²) in [7, 11) is 5.63. The van der Waals surface area contributed by atoms with E-state index in [1.807, 2.05) is 51.2 Å². The molecule has 0 fully saturated rings. The SMILES string of the molecule is Cc1cccc(CN(C)c2nc(NN)nc(N(C)C)n2)n1. The summed E-state index contributed by atoms with van der Waals surface area (Å²) >= 11 is 0. The number of anilines is 3. The van der Waals surface area contributed by atoms with Crippen molar-refractivity contribution in [2.45, 2.75) is 13.5 Å². The summed E-state index contributed by atoms with van der Waals surface area (Å²) in [6.45, 7) is 2.57. The summed E-state index contributed by atoms with van der Waals surface area (Å²) in [5.74, 6) is 6.81. The Morgan fingerprint density at radius 2 is 1.76 bits per heavy atom. The van der Waals surface area contributed by atoms with Crippen molar-refractivity contribution in [2.24, 2.45) is 5.84 Å². The van der Waals surface area contributed by atoms with Gasteiger partial charge in [0.05, 0.1) is 12.2 Å². The maximum Gasteiger partial charge on any atom is 0.243 e. The largest absolute Gasteiger partial charge is 0.347 e. The highest BCUT2D eigenvalue weighted by atomic mass is 15.4. The maximum atomic E-state index is 5.41. The van der Waals surface area contributed by atoms with Crippen molar-refractivity contribution in [3.63, 3.8) is 0 Å². The number of rotatable bonds is 5. The lowest BCUT2D eigenvalue weighted by atomic mass is 10.3. The Balaban J connectivity index is 2.25. The second kappa shape index (κ2) is 6.31. The van der Waals surface area contributed by atoms with Gasteiger partial charge in [-0.1, -0.05) is 6.07 Å². The number of hydrazine groups is 1. The van der Waals surface area contributed by atoms with Crippen LogP contribution >= 0.6 is 0 Å². The quantitative estimate of drug-likeness (QED) is 0.608. The van der Waals surface area contributed by atoms with Gasteiger partial charge in [-0.05, 0) is 19.1 Å². The topological polar surface area (TPSA) is 96.1 Å². The van der Waals surface area contributed by atoms with Crippen LogP contribution in [0.25, 0.3) is 0 Å². The molecule has 0 saturated carbocycles. The lowest BCUT2D eigenvalue weighted by molar-refractivity contribution is 0.820. The molecule has 2 aromatic rings. The first-order valence-electron chi connectivity index (χ1n) is 6.53. The zero-order valence-corrected chi connectivity index (χ0v) is 12.7. The van der Waals surface area contributed by atoms with E-state index in [1.165, 1.54) is 0 Å². The van der Waals surface area contributed by atoms with Gasteiger partial charge in [0.15, 0.2) is 0 Å². The fraction of sp³-hybridized carbons (Fsp3) is 0.385. The highest BCUT2D eigenvalue weighted by Crippen LogP contribution is 2.15. The fourth-order valence-corrected chi connectivity index (χ4v) is 1.79. The van der Waals surface area contributed by atoms with Gasteiger partial charge in [0, 0.05) is 26.8 Å². The lowest BCUT2D eigenvalue weighted by Gasteiger charge is -2.19. The van der Waals surface area contributed by atoms with Gasteiger partial charge in [0.2, 0.25) is 17.8 Å². The molecule has 0 atom stereocenters. The third-order valence-corrected chi connectivity index (χ3v) is 2.83. The van der Waals surface area contributed by atoms with Gasteiger partial charge in [0.25, 0.3) is 0 Å². The van der Waals surface area contributed by atoms with Crippen LogP contribution in [0.5, 0.6) is 0 Å². The number of aryl methyl sites for hydroxylation is 1. The van der Waals surface area contributed by atoms with E-state index in [0.29, 0.717) is 24.4 Å². The molecular weight excluding hydrogens is 268 g/mol. The minimum Gasteiger partial charge on any atom is -0.347 e. The summed E-state index contributed by atoms with van der Waals surface area (Å²) in [4.78, 5) is 21.0. The Bertz CT molecular complexity index is 613. The fourth-order valence-electron chi connectivity index (χ4n) is 1.79. The molecule has 2 heterocycles. The summed E-state index contributed by atoms with van der Waals surface area (Å²) in [6, 6.07) is 5.92. The normalized spacial score (nSPS) is 10.3. The molecule has 0 saturated heterocycles. The Morgan fingerprint density at radius 3 is 2.38 bits per heavy atom. The van der Waals surface area contributed by atoms with E-state index in [4.69, 9.17) is 5.84 Å². The summed E-state index contributed by atoms with van der Waals surface area (Å²) in [6.07, 6.45) is 0. The number of hydrogen-bond acceptors (Lipinski definition) is 8. The first-order valence-corrected chi connectivity index (χ1v) is 6.53. The zero-order valence-electron chi connectivity index (χ0n) is 12.7. The van der Waals surface area contributed by atoms with E-state index in [1.54, 1.807) is 4.90 Å². The van der Waals surface area contributed by atoms with Crippen molar-refractivity contribution in [3.05, 3.63) is 29.6 Å². The third-order valence-electron chi connectivity index (χ3n) is 2.83. The molecule has 8 heteroatoms. The molecule has 2 rings (SSSR count). The molecular formula is C13H20N8. The molecule has 8 nitrogen and oxygen atoms in total. The van der Waals surface area contributed by atoms with Gasteiger partial charge < -0.3 is 9.80 Å².